The van der Waals surface area contributed by atoms with E-state index in [-0.39, 0.29) is 0 Å². The number of aryl methyl sites for hydroxylation is 2. The first-order valence-electron chi connectivity index (χ1n) is 5.29. The Balaban J connectivity index is 2.44. The van der Waals surface area contributed by atoms with E-state index in [2.05, 4.69) is 15.7 Å². The monoisotopic (exact) mass is 240 g/mol. The average molecular weight is 240 g/mol. The third-order valence-corrected chi connectivity index (χ3v) is 2.12. The highest BCUT2D eigenvalue weighted by Gasteiger charge is 2.06. The minimum atomic E-state index is -1.07. The lowest BCUT2D eigenvalue weighted by atomic mass is 10.3. The molecule has 7 nitrogen and oxygen atoms in total. The van der Waals surface area contributed by atoms with E-state index < -0.39 is 18.5 Å². The normalized spacial score (nSPS) is 10.0. The summed E-state index contributed by atoms with van der Waals surface area (Å²) in [5.41, 5.74) is 1.77. The van der Waals surface area contributed by atoms with Gasteiger partial charge in [-0.05, 0) is 19.9 Å². The molecule has 3 N–H and O–H groups in total. The van der Waals surface area contributed by atoms with Crippen molar-refractivity contribution in [1.29, 1.82) is 0 Å². The molecule has 0 fully saturated rings. The molecule has 0 radical (unpaired) electrons. The fourth-order valence-corrected chi connectivity index (χ4v) is 1.40. The van der Waals surface area contributed by atoms with Crippen LogP contribution in [-0.4, -0.2) is 33.4 Å². The topological polar surface area (TPSA) is 96.3 Å². The van der Waals surface area contributed by atoms with Gasteiger partial charge in [0.05, 0.1) is 17.9 Å². The van der Waals surface area contributed by atoms with Gasteiger partial charge in [-0.3, -0.25) is 9.48 Å². The summed E-state index contributed by atoms with van der Waals surface area (Å²) in [6.07, 6.45) is 0. The Kier molecular flexibility index (Phi) is 4.50. The largest absolute Gasteiger partial charge is 0.480 e. The van der Waals surface area contributed by atoms with E-state index in [9.17, 15) is 9.59 Å². The van der Waals surface area contributed by atoms with Gasteiger partial charge in [-0.15, -0.1) is 0 Å². The van der Waals surface area contributed by atoms with Crippen molar-refractivity contribution in [2.45, 2.75) is 26.9 Å². The number of nitrogens with zero attached hydrogens (tertiary/aromatic N) is 2. The van der Waals surface area contributed by atoms with Crippen molar-refractivity contribution in [3.8, 4) is 0 Å². The van der Waals surface area contributed by atoms with Gasteiger partial charge in [-0.1, -0.05) is 0 Å². The molecule has 0 aliphatic rings. The molecule has 0 aliphatic carbocycles. The standard InChI is InChI=1S/C10H16N4O3/c1-3-14-8(4-7(2)13-14)5-11-10(17)12-6-9(15)16/h4H,3,5-6H2,1-2H3,(H,15,16)(H2,11,12,17). The van der Waals surface area contributed by atoms with Crippen LogP contribution in [0, 0.1) is 6.92 Å². The highest BCUT2D eigenvalue weighted by molar-refractivity contribution is 5.79. The van der Waals surface area contributed by atoms with Crippen LogP contribution >= 0.6 is 0 Å². The van der Waals surface area contributed by atoms with Crippen LogP contribution < -0.4 is 10.6 Å². The first kappa shape index (κ1) is 13.0. The number of carbonyl (C=O) groups is 2. The van der Waals surface area contributed by atoms with Crippen LogP contribution in [0.3, 0.4) is 0 Å². The molecule has 1 rings (SSSR count). The van der Waals surface area contributed by atoms with E-state index in [4.69, 9.17) is 5.11 Å². The van der Waals surface area contributed by atoms with Gasteiger partial charge in [-0.25, -0.2) is 4.79 Å². The van der Waals surface area contributed by atoms with Crippen molar-refractivity contribution in [3.63, 3.8) is 0 Å². The molecular formula is C10H16N4O3. The summed E-state index contributed by atoms with van der Waals surface area (Å²) in [5, 5.41) is 17.4. The summed E-state index contributed by atoms with van der Waals surface area (Å²) in [5.74, 6) is -1.07. The minimum Gasteiger partial charge on any atom is -0.480 e. The maximum absolute atomic E-state index is 11.2. The van der Waals surface area contributed by atoms with Crippen LogP contribution in [-0.2, 0) is 17.9 Å². The molecule has 0 spiro atoms. The van der Waals surface area contributed by atoms with Crippen molar-refractivity contribution in [3.05, 3.63) is 17.5 Å². The molecule has 0 saturated heterocycles. The molecule has 17 heavy (non-hydrogen) atoms. The number of hydrogen-bond donors (Lipinski definition) is 3. The highest BCUT2D eigenvalue weighted by atomic mass is 16.4. The van der Waals surface area contributed by atoms with Crippen LogP contribution in [0.4, 0.5) is 4.79 Å². The summed E-state index contributed by atoms with van der Waals surface area (Å²) >= 11 is 0. The number of aliphatic carboxylic acids is 1. The van der Waals surface area contributed by atoms with Gasteiger partial charge in [-0.2, -0.15) is 5.10 Å². The molecule has 94 valence electrons. The summed E-state index contributed by atoms with van der Waals surface area (Å²) < 4.78 is 1.78. The maximum atomic E-state index is 11.2. The zero-order valence-corrected chi connectivity index (χ0v) is 9.86. The molecule has 1 aromatic rings. The van der Waals surface area contributed by atoms with Crippen molar-refractivity contribution in [2.75, 3.05) is 6.54 Å². The Labute approximate surface area is 98.8 Å². The summed E-state index contributed by atoms with van der Waals surface area (Å²) in [4.78, 5) is 21.4. The SMILES string of the molecule is CCn1nc(C)cc1CNC(=O)NCC(=O)O. The van der Waals surface area contributed by atoms with Crippen LogP contribution in [0.5, 0.6) is 0 Å². The van der Waals surface area contributed by atoms with E-state index >= 15 is 0 Å². The average Bonchev–Trinajstić information content (AvgIpc) is 2.64. The molecule has 0 aromatic carbocycles. The number of rotatable bonds is 5. The number of nitrogens with one attached hydrogen (secondary N) is 2. The number of carboxylic acids is 1. The summed E-state index contributed by atoms with van der Waals surface area (Å²) in [6.45, 7) is 4.49. The Morgan fingerprint density at radius 3 is 2.76 bits per heavy atom. The van der Waals surface area contributed by atoms with Crippen LogP contribution in [0.1, 0.15) is 18.3 Å². The van der Waals surface area contributed by atoms with Gasteiger partial charge in [0, 0.05) is 6.54 Å². The van der Waals surface area contributed by atoms with Gasteiger partial charge in [0.2, 0.25) is 0 Å². The van der Waals surface area contributed by atoms with Gasteiger partial charge in [0.1, 0.15) is 6.54 Å². The second kappa shape index (κ2) is 5.88. The van der Waals surface area contributed by atoms with E-state index in [1.54, 1.807) is 4.68 Å². The molecular weight excluding hydrogens is 224 g/mol. The smallest absolute Gasteiger partial charge is 0.323 e. The van der Waals surface area contributed by atoms with Crippen molar-refractivity contribution < 1.29 is 14.7 Å². The fourth-order valence-electron chi connectivity index (χ4n) is 1.40. The molecule has 0 aliphatic heterocycles. The van der Waals surface area contributed by atoms with Crippen LogP contribution in [0.15, 0.2) is 6.07 Å². The number of aromatic nitrogens is 2. The molecule has 0 atom stereocenters. The highest BCUT2D eigenvalue weighted by Crippen LogP contribution is 2.02. The van der Waals surface area contributed by atoms with Crippen molar-refractivity contribution in [2.24, 2.45) is 0 Å². The predicted molar refractivity (Wildman–Crippen MR) is 60.5 cm³/mol. The van der Waals surface area contributed by atoms with E-state index in [1.807, 2.05) is 19.9 Å². The number of carboxylic acid groups (broad SMARTS) is 1. The molecule has 2 amide bonds. The summed E-state index contributed by atoms with van der Waals surface area (Å²) in [7, 11) is 0. The number of carbonyl (C=O) groups excluding carboxylic acids is 1. The van der Waals surface area contributed by atoms with E-state index in [0.717, 1.165) is 17.9 Å². The lowest BCUT2D eigenvalue weighted by Gasteiger charge is -2.07. The predicted octanol–water partition coefficient (Wildman–Crippen LogP) is 0.0952. The molecule has 0 bridgehead atoms. The molecule has 0 saturated carbocycles. The first-order chi connectivity index (χ1) is 8.02. The van der Waals surface area contributed by atoms with Crippen LogP contribution in [0.2, 0.25) is 0 Å². The Morgan fingerprint density at radius 2 is 2.18 bits per heavy atom. The fraction of sp³-hybridized carbons (Fsp3) is 0.500. The van der Waals surface area contributed by atoms with Gasteiger partial charge in [0.15, 0.2) is 0 Å². The van der Waals surface area contributed by atoms with Crippen LogP contribution in [0.25, 0.3) is 0 Å². The number of urea groups is 1. The lowest BCUT2D eigenvalue weighted by Crippen LogP contribution is -2.38. The first-order valence-corrected chi connectivity index (χ1v) is 5.29. The quantitative estimate of drug-likeness (QED) is 0.679. The van der Waals surface area contributed by atoms with E-state index in [1.165, 1.54) is 0 Å². The summed E-state index contributed by atoms with van der Waals surface area (Å²) in [6, 6.07) is 1.37. The Bertz CT molecular complexity index is 414. The second-order valence-corrected chi connectivity index (χ2v) is 3.52. The molecule has 1 aromatic heterocycles. The Hall–Kier alpha value is -2.05. The molecule has 0 unspecified atom stereocenters. The zero-order valence-electron chi connectivity index (χ0n) is 9.86. The lowest BCUT2D eigenvalue weighted by molar-refractivity contribution is -0.135. The molecule has 1 heterocycles. The van der Waals surface area contributed by atoms with Gasteiger partial charge >= 0.3 is 12.0 Å². The number of hydrogen-bond acceptors (Lipinski definition) is 3. The second-order valence-electron chi connectivity index (χ2n) is 3.52. The Morgan fingerprint density at radius 1 is 1.47 bits per heavy atom. The third-order valence-electron chi connectivity index (χ3n) is 2.12. The zero-order chi connectivity index (χ0) is 12.8. The minimum absolute atomic E-state index is 0.320. The third kappa shape index (κ3) is 4.13. The number of amides is 2. The van der Waals surface area contributed by atoms with Crippen molar-refractivity contribution in [1.82, 2.24) is 20.4 Å². The van der Waals surface area contributed by atoms with Gasteiger partial charge in [0.25, 0.3) is 0 Å². The maximum Gasteiger partial charge on any atom is 0.323 e. The molecule has 7 heteroatoms. The van der Waals surface area contributed by atoms with Gasteiger partial charge < -0.3 is 15.7 Å². The van der Waals surface area contributed by atoms with E-state index in [0.29, 0.717) is 6.54 Å². The van der Waals surface area contributed by atoms with Crippen molar-refractivity contribution >= 4 is 12.0 Å².